The van der Waals surface area contributed by atoms with E-state index in [1.54, 1.807) is 17.0 Å². The van der Waals surface area contributed by atoms with E-state index in [-0.39, 0.29) is 11.3 Å². The average Bonchev–Trinajstić information content (AvgIpc) is 3.10. The molecule has 1 aliphatic heterocycles. The van der Waals surface area contributed by atoms with E-state index in [9.17, 15) is 14.7 Å². The fourth-order valence-corrected chi connectivity index (χ4v) is 4.31. The van der Waals surface area contributed by atoms with Crippen LogP contribution in [0.15, 0.2) is 66.3 Å². The van der Waals surface area contributed by atoms with Crippen LogP contribution in [0.2, 0.25) is 0 Å². The van der Waals surface area contributed by atoms with E-state index in [2.05, 4.69) is 25.3 Å². The number of nitrogens with zero attached hydrogens (tertiary/aromatic N) is 2. The maximum absolute atomic E-state index is 13.2. The molecule has 35 heavy (non-hydrogen) atoms. The largest absolute Gasteiger partial charge is 0.507 e. The summed E-state index contributed by atoms with van der Waals surface area (Å²) in [5.41, 5.74) is 3.27. The normalized spacial score (nSPS) is 17.3. The Morgan fingerprint density at radius 2 is 1.80 bits per heavy atom. The van der Waals surface area contributed by atoms with Gasteiger partial charge in [-0.3, -0.25) is 9.59 Å². The predicted octanol–water partition coefficient (Wildman–Crippen LogP) is 5.10. The van der Waals surface area contributed by atoms with E-state index < -0.39 is 17.7 Å². The fraction of sp³-hybridized carbons (Fsp3) is 0.379. The number of Topliss-reactive ketones (excluding diaryl/α,β-unsaturated/α-hetero) is 1. The predicted molar refractivity (Wildman–Crippen MR) is 139 cm³/mol. The standard InChI is InChI=1S/C29H36N2O4/c1-6-30(7-2)16-9-17-31-26(23-10-8-11-24(18-23)35-19-20(3)4)25(28(33)29(31)34)27(32)22-14-12-21(5)13-15-22/h8,10-15,18,26,32H,3,6-7,9,16-17,19H2,1-2,4-5H3/b27-25+. The van der Waals surface area contributed by atoms with Crippen molar-refractivity contribution in [2.75, 3.05) is 32.8 Å². The molecule has 1 amide bonds. The molecule has 0 bridgehead atoms. The molecule has 0 spiro atoms. The number of aliphatic hydroxyl groups excluding tert-OH is 1. The molecule has 0 radical (unpaired) electrons. The van der Waals surface area contributed by atoms with Crippen LogP contribution in [0.5, 0.6) is 5.75 Å². The van der Waals surface area contributed by atoms with Gasteiger partial charge in [-0.2, -0.15) is 0 Å². The van der Waals surface area contributed by atoms with Crippen LogP contribution in [0.4, 0.5) is 0 Å². The van der Waals surface area contributed by atoms with Crippen LogP contribution in [-0.4, -0.2) is 59.4 Å². The van der Waals surface area contributed by atoms with Crippen LogP contribution < -0.4 is 4.74 Å². The first-order valence-corrected chi connectivity index (χ1v) is 12.2. The Bertz CT molecular complexity index is 1100. The van der Waals surface area contributed by atoms with Gasteiger partial charge in [0.1, 0.15) is 18.1 Å². The Hall–Kier alpha value is -3.38. The van der Waals surface area contributed by atoms with Crippen molar-refractivity contribution >= 4 is 17.4 Å². The Balaban J connectivity index is 2.03. The summed E-state index contributed by atoms with van der Waals surface area (Å²) in [6.07, 6.45) is 0.724. The summed E-state index contributed by atoms with van der Waals surface area (Å²) in [4.78, 5) is 30.3. The van der Waals surface area contributed by atoms with Gasteiger partial charge in [-0.1, -0.05) is 62.4 Å². The van der Waals surface area contributed by atoms with E-state index in [1.807, 2.05) is 50.2 Å². The summed E-state index contributed by atoms with van der Waals surface area (Å²) < 4.78 is 5.82. The van der Waals surface area contributed by atoms with Crippen LogP contribution in [0.25, 0.3) is 5.76 Å². The molecule has 1 unspecified atom stereocenters. The fourth-order valence-electron chi connectivity index (χ4n) is 4.31. The van der Waals surface area contributed by atoms with E-state index in [0.29, 0.717) is 24.5 Å². The van der Waals surface area contributed by atoms with Gasteiger partial charge in [-0.15, -0.1) is 0 Å². The van der Waals surface area contributed by atoms with E-state index in [4.69, 9.17) is 4.74 Å². The average molecular weight is 477 g/mol. The van der Waals surface area contributed by atoms with Gasteiger partial charge in [-0.25, -0.2) is 0 Å². The molecule has 1 heterocycles. The Labute approximate surface area is 208 Å². The second-order valence-corrected chi connectivity index (χ2v) is 9.06. The van der Waals surface area contributed by atoms with Crippen LogP contribution in [0, 0.1) is 6.92 Å². The van der Waals surface area contributed by atoms with Crippen molar-refractivity contribution in [3.63, 3.8) is 0 Å². The lowest BCUT2D eigenvalue weighted by atomic mass is 9.95. The summed E-state index contributed by atoms with van der Waals surface area (Å²) in [6, 6.07) is 13.9. The van der Waals surface area contributed by atoms with Crippen LogP contribution in [0.3, 0.4) is 0 Å². The van der Waals surface area contributed by atoms with Crippen LogP contribution in [0.1, 0.15) is 49.9 Å². The number of rotatable bonds is 11. The highest BCUT2D eigenvalue weighted by atomic mass is 16.5. The van der Waals surface area contributed by atoms with Gasteiger partial charge < -0.3 is 19.6 Å². The summed E-state index contributed by atoms with van der Waals surface area (Å²) in [6.45, 7) is 15.4. The van der Waals surface area contributed by atoms with Gasteiger partial charge in [0.2, 0.25) is 0 Å². The second kappa shape index (κ2) is 11.8. The SMILES string of the molecule is C=C(C)COc1cccc(C2/C(=C(\O)c3ccc(C)cc3)C(=O)C(=O)N2CCCN(CC)CC)c1. The molecule has 2 aromatic rings. The lowest BCUT2D eigenvalue weighted by Gasteiger charge is -2.27. The maximum Gasteiger partial charge on any atom is 0.295 e. The number of ketones is 1. The van der Waals surface area contributed by atoms with E-state index >= 15 is 0 Å². The molecule has 0 aromatic heterocycles. The van der Waals surface area contributed by atoms with E-state index in [1.165, 1.54) is 0 Å². The molecule has 1 aliphatic rings. The number of benzene rings is 2. The molecule has 6 heteroatoms. The third-order valence-electron chi connectivity index (χ3n) is 6.29. The number of hydrogen-bond donors (Lipinski definition) is 1. The summed E-state index contributed by atoms with van der Waals surface area (Å²) in [5.74, 6) is -0.789. The third-order valence-corrected chi connectivity index (χ3v) is 6.29. The molecule has 1 fully saturated rings. The molecule has 0 saturated carbocycles. The molecule has 2 aromatic carbocycles. The zero-order valence-corrected chi connectivity index (χ0v) is 21.2. The molecule has 186 valence electrons. The highest BCUT2D eigenvalue weighted by Crippen LogP contribution is 2.40. The molecule has 3 rings (SSSR count). The Morgan fingerprint density at radius 3 is 2.43 bits per heavy atom. The summed E-state index contributed by atoms with van der Waals surface area (Å²) in [7, 11) is 0. The molecule has 6 nitrogen and oxygen atoms in total. The first-order chi connectivity index (χ1) is 16.8. The molecule has 1 saturated heterocycles. The van der Waals surface area contributed by atoms with Crippen molar-refractivity contribution in [2.24, 2.45) is 0 Å². The number of aryl methyl sites for hydroxylation is 1. The number of hydrogen-bond acceptors (Lipinski definition) is 5. The van der Waals surface area contributed by atoms with Gasteiger partial charge in [0.05, 0.1) is 11.6 Å². The Kier molecular flexibility index (Phi) is 8.88. The highest BCUT2D eigenvalue weighted by Gasteiger charge is 2.45. The minimum Gasteiger partial charge on any atom is -0.507 e. The first kappa shape index (κ1) is 26.2. The Morgan fingerprint density at radius 1 is 1.11 bits per heavy atom. The number of amides is 1. The van der Waals surface area contributed by atoms with Crippen molar-refractivity contribution in [2.45, 2.75) is 40.2 Å². The van der Waals surface area contributed by atoms with Gasteiger partial charge in [-0.05, 0) is 63.2 Å². The summed E-state index contributed by atoms with van der Waals surface area (Å²) in [5, 5.41) is 11.2. The molecule has 0 aliphatic carbocycles. The topological polar surface area (TPSA) is 70.1 Å². The number of aliphatic hydroxyl groups is 1. The van der Waals surface area contributed by atoms with Crippen molar-refractivity contribution in [3.8, 4) is 5.75 Å². The lowest BCUT2D eigenvalue weighted by molar-refractivity contribution is -0.140. The molecular formula is C29H36N2O4. The zero-order chi connectivity index (χ0) is 25.5. The molecular weight excluding hydrogens is 440 g/mol. The van der Waals surface area contributed by atoms with Gasteiger partial charge in [0, 0.05) is 12.1 Å². The van der Waals surface area contributed by atoms with Crippen molar-refractivity contribution in [3.05, 3.63) is 82.9 Å². The first-order valence-electron chi connectivity index (χ1n) is 12.2. The minimum atomic E-state index is -0.693. The lowest BCUT2D eigenvalue weighted by Crippen LogP contribution is -2.33. The zero-order valence-electron chi connectivity index (χ0n) is 21.2. The van der Waals surface area contributed by atoms with Crippen LogP contribution >= 0.6 is 0 Å². The highest BCUT2D eigenvalue weighted by molar-refractivity contribution is 6.46. The van der Waals surface area contributed by atoms with Crippen molar-refractivity contribution in [1.82, 2.24) is 9.80 Å². The smallest absolute Gasteiger partial charge is 0.295 e. The van der Waals surface area contributed by atoms with Crippen LogP contribution in [-0.2, 0) is 9.59 Å². The minimum absolute atomic E-state index is 0.110. The van der Waals surface area contributed by atoms with Gasteiger partial charge >= 0.3 is 0 Å². The van der Waals surface area contributed by atoms with Gasteiger partial charge in [0.15, 0.2) is 0 Å². The maximum atomic E-state index is 13.2. The number of carbonyl (C=O) groups is 2. The monoisotopic (exact) mass is 476 g/mol. The molecule has 1 atom stereocenters. The number of carbonyl (C=O) groups excluding carboxylic acids is 2. The van der Waals surface area contributed by atoms with Gasteiger partial charge in [0.25, 0.3) is 11.7 Å². The van der Waals surface area contributed by atoms with E-state index in [0.717, 1.165) is 42.8 Å². The summed E-state index contributed by atoms with van der Waals surface area (Å²) >= 11 is 0. The quantitative estimate of drug-likeness (QED) is 0.211. The number of ether oxygens (including phenoxy) is 1. The third kappa shape index (κ3) is 6.20. The second-order valence-electron chi connectivity index (χ2n) is 9.06. The van der Waals surface area contributed by atoms with Crippen molar-refractivity contribution < 1.29 is 19.4 Å². The number of likely N-dealkylation sites (tertiary alicyclic amines) is 1. The molecule has 1 N–H and O–H groups in total. The van der Waals surface area contributed by atoms with Crippen molar-refractivity contribution in [1.29, 1.82) is 0 Å².